The van der Waals surface area contributed by atoms with Gasteiger partial charge in [-0.3, -0.25) is 4.79 Å². The Kier molecular flexibility index (Phi) is 7.37. The van der Waals surface area contributed by atoms with Gasteiger partial charge in [0, 0.05) is 6.42 Å². The highest BCUT2D eigenvalue weighted by Gasteiger charge is 2.08. The van der Waals surface area contributed by atoms with Crippen molar-refractivity contribution < 1.29 is 23.8 Å². The highest BCUT2D eigenvalue weighted by Crippen LogP contribution is 2.23. The van der Waals surface area contributed by atoms with Gasteiger partial charge in [0.15, 0.2) is 11.6 Å². The number of carboxylic acids is 1. The Morgan fingerprint density at radius 3 is 2.67 bits per heavy atom. The topological polar surface area (TPSA) is 55.8 Å². The maximum absolute atomic E-state index is 13.4. The lowest BCUT2D eigenvalue weighted by molar-refractivity contribution is -0.136. The number of halogens is 1. The first-order chi connectivity index (χ1) is 13.0. The monoisotopic (exact) mass is 368 g/mol. The first-order valence-electron chi connectivity index (χ1n) is 8.36. The summed E-state index contributed by atoms with van der Waals surface area (Å²) in [5, 5.41) is 8.85. The van der Waals surface area contributed by atoms with E-state index in [1.54, 1.807) is 24.3 Å². The lowest BCUT2D eigenvalue weighted by atomic mass is 10.1. The Morgan fingerprint density at radius 2 is 1.96 bits per heavy atom. The van der Waals surface area contributed by atoms with E-state index in [0.29, 0.717) is 17.9 Å². The van der Waals surface area contributed by atoms with E-state index < -0.39 is 11.8 Å². The van der Waals surface area contributed by atoms with Gasteiger partial charge >= 0.3 is 5.97 Å². The third-order valence-corrected chi connectivity index (χ3v) is 3.64. The fraction of sp³-hybridized carbons (Fsp3) is 0.136. The second-order valence-electron chi connectivity index (χ2n) is 5.71. The van der Waals surface area contributed by atoms with E-state index in [0.717, 1.165) is 11.1 Å². The van der Waals surface area contributed by atoms with Crippen molar-refractivity contribution in [1.29, 1.82) is 0 Å². The van der Waals surface area contributed by atoms with Crippen molar-refractivity contribution in [3.8, 4) is 11.5 Å². The van der Waals surface area contributed by atoms with Crippen molar-refractivity contribution in [2.24, 2.45) is 0 Å². The molecular formula is C22H21FO4. The van der Waals surface area contributed by atoms with Gasteiger partial charge in [0.1, 0.15) is 18.1 Å². The predicted octanol–water partition coefficient (Wildman–Crippen LogP) is 5.21. The summed E-state index contributed by atoms with van der Waals surface area (Å²) in [5.74, 6) is -0.477. The molecule has 0 aliphatic rings. The molecule has 0 spiro atoms. The quantitative estimate of drug-likeness (QED) is 0.462. The van der Waals surface area contributed by atoms with Crippen LogP contribution < -0.4 is 9.47 Å². The van der Waals surface area contributed by atoms with Gasteiger partial charge in [-0.05, 0) is 41.8 Å². The van der Waals surface area contributed by atoms with Gasteiger partial charge in [0.05, 0.1) is 0 Å². The first kappa shape index (κ1) is 20.0. The molecule has 0 saturated carbocycles. The molecule has 0 bridgehead atoms. The van der Waals surface area contributed by atoms with Crippen LogP contribution in [-0.4, -0.2) is 11.1 Å². The molecule has 5 heteroatoms. The highest BCUT2D eigenvalue weighted by molar-refractivity contribution is 5.67. The van der Waals surface area contributed by atoms with Crippen LogP contribution in [-0.2, 0) is 17.8 Å². The van der Waals surface area contributed by atoms with Crippen molar-refractivity contribution in [2.45, 2.75) is 19.4 Å². The number of hydrogen-bond donors (Lipinski definition) is 1. The molecule has 27 heavy (non-hydrogen) atoms. The number of para-hydroxylation sites is 1. The van der Waals surface area contributed by atoms with Crippen molar-refractivity contribution in [3.63, 3.8) is 0 Å². The Balaban J connectivity index is 2.07. The molecule has 0 fully saturated rings. The van der Waals surface area contributed by atoms with Gasteiger partial charge in [-0.1, -0.05) is 49.6 Å². The molecular weight excluding hydrogens is 347 g/mol. The summed E-state index contributed by atoms with van der Waals surface area (Å²) >= 11 is 0. The minimum absolute atomic E-state index is 0.0120. The summed E-state index contributed by atoms with van der Waals surface area (Å²) in [5.41, 5.74) is 1.65. The Bertz CT molecular complexity index is 855. The lowest BCUT2D eigenvalue weighted by Gasteiger charge is -2.12. The van der Waals surface area contributed by atoms with Crippen molar-refractivity contribution in [2.75, 3.05) is 0 Å². The minimum Gasteiger partial charge on any atom is -0.489 e. The maximum atomic E-state index is 13.4. The summed E-state index contributed by atoms with van der Waals surface area (Å²) in [7, 11) is 0. The van der Waals surface area contributed by atoms with Gasteiger partial charge in [0.2, 0.25) is 0 Å². The summed E-state index contributed by atoms with van der Waals surface area (Å²) < 4.78 is 24.7. The van der Waals surface area contributed by atoms with Crippen LogP contribution in [0.25, 0.3) is 0 Å². The number of allylic oxidation sites excluding steroid dienone is 3. The summed E-state index contributed by atoms with van der Waals surface area (Å²) in [6.45, 7) is 7.01. The fourth-order valence-electron chi connectivity index (χ4n) is 2.37. The average molecular weight is 368 g/mol. The van der Waals surface area contributed by atoms with Gasteiger partial charge in [-0.2, -0.15) is 0 Å². The van der Waals surface area contributed by atoms with Crippen LogP contribution in [0.3, 0.4) is 0 Å². The molecule has 0 unspecified atom stereocenters. The standard InChI is InChI=1S/C22H21FO4/c1-3-7-20(16(2)23)27-19-10-6-8-17(14-19)15-26-21-11-5-4-9-18(21)12-13-22(24)25/h3-11,14H,1-2,12-13,15H2,(H,24,25)/b20-7+. The maximum Gasteiger partial charge on any atom is 0.303 e. The van der Waals surface area contributed by atoms with E-state index in [-0.39, 0.29) is 18.8 Å². The molecule has 4 nitrogen and oxygen atoms in total. The average Bonchev–Trinajstić information content (AvgIpc) is 2.65. The molecule has 1 N–H and O–H groups in total. The molecule has 0 atom stereocenters. The number of carbonyl (C=O) groups is 1. The van der Waals surface area contributed by atoms with Crippen LogP contribution in [0.15, 0.2) is 85.4 Å². The van der Waals surface area contributed by atoms with E-state index in [9.17, 15) is 9.18 Å². The van der Waals surface area contributed by atoms with E-state index in [4.69, 9.17) is 14.6 Å². The smallest absolute Gasteiger partial charge is 0.303 e. The molecule has 0 amide bonds. The van der Waals surface area contributed by atoms with Crippen molar-refractivity contribution in [1.82, 2.24) is 0 Å². The van der Waals surface area contributed by atoms with Crippen molar-refractivity contribution in [3.05, 3.63) is 96.6 Å². The largest absolute Gasteiger partial charge is 0.489 e. The molecule has 0 aromatic heterocycles. The SMILES string of the molecule is C=C/C=C(/Oc1cccc(COc2ccccc2CCC(=O)O)c1)C(=C)F. The number of rotatable bonds is 10. The number of aliphatic carboxylic acids is 1. The van der Waals surface area contributed by atoms with Gasteiger partial charge < -0.3 is 14.6 Å². The van der Waals surface area contributed by atoms with Crippen molar-refractivity contribution >= 4 is 5.97 Å². The van der Waals surface area contributed by atoms with E-state index in [1.807, 2.05) is 24.3 Å². The molecule has 2 rings (SSSR count). The number of aryl methyl sites for hydroxylation is 1. The molecule has 2 aromatic rings. The number of carboxylic acid groups (broad SMARTS) is 1. The zero-order valence-electron chi connectivity index (χ0n) is 14.9. The third-order valence-electron chi connectivity index (χ3n) is 3.64. The van der Waals surface area contributed by atoms with Crippen LogP contribution in [0, 0.1) is 0 Å². The normalized spacial score (nSPS) is 10.9. The lowest BCUT2D eigenvalue weighted by Crippen LogP contribution is -2.02. The summed E-state index contributed by atoms with van der Waals surface area (Å²) in [6.07, 6.45) is 3.24. The van der Waals surface area contributed by atoms with Crippen LogP contribution in [0.2, 0.25) is 0 Å². The zero-order valence-corrected chi connectivity index (χ0v) is 14.9. The Morgan fingerprint density at radius 1 is 1.19 bits per heavy atom. The molecule has 2 aromatic carbocycles. The second kappa shape index (κ2) is 9.97. The van der Waals surface area contributed by atoms with Crippen LogP contribution in [0.4, 0.5) is 4.39 Å². The van der Waals surface area contributed by atoms with Crippen LogP contribution in [0.1, 0.15) is 17.5 Å². The Hall–Kier alpha value is -3.34. The Labute approximate surface area is 157 Å². The van der Waals surface area contributed by atoms with Gasteiger partial charge in [-0.15, -0.1) is 0 Å². The highest BCUT2D eigenvalue weighted by atomic mass is 19.1. The van der Waals surface area contributed by atoms with Crippen LogP contribution >= 0.6 is 0 Å². The van der Waals surface area contributed by atoms with Gasteiger partial charge in [-0.25, -0.2) is 4.39 Å². The zero-order chi connectivity index (χ0) is 19.6. The third kappa shape index (κ3) is 6.47. The second-order valence-corrected chi connectivity index (χ2v) is 5.71. The van der Waals surface area contributed by atoms with E-state index in [1.165, 1.54) is 12.2 Å². The molecule has 140 valence electrons. The molecule has 0 aliphatic carbocycles. The first-order valence-corrected chi connectivity index (χ1v) is 8.36. The summed E-state index contributed by atoms with van der Waals surface area (Å²) in [6, 6.07) is 14.4. The minimum atomic E-state index is -0.854. The predicted molar refractivity (Wildman–Crippen MR) is 102 cm³/mol. The van der Waals surface area contributed by atoms with E-state index in [2.05, 4.69) is 13.2 Å². The molecule has 0 radical (unpaired) electrons. The van der Waals surface area contributed by atoms with Crippen LogP contribution in [0.5, 0.6) is 11.5 Å². The summed E-state index contributed by atoms with van der Waals surface area (Å²) in [4.78, 5) is 10.8. The van der Waals surface area contributed by atoms with E-state index >= 15 is 0 Å². The number of benzene rings is 2. The number of hydrogen-bond acceptors (Lipinski definition) is 3. The molecule has 0 saturated heterocycles. The number of ether oxygens (including phenoxy) is 2. The van der Waals surface area contributed by atoms with Gasteiger partial charge in [0.25, 0.3) is 0 Å². The fourth-order valence-corrected chi connectivity index (χ4v) is 2.37. The molecule has 0 heterocycles. The molecule has 0 aliphatic heterocycles.